The number of aromatic nitrogens is 1. The number of halogens is 3. The van der Waals surface area contributed by atoms with Crippen LogP contribution in [0.3, 0.4) is 0 Å². The molecule has 6 nitrogen and oxygen atoms in total. The Hall–Kier alpha value is -3.32. The van der Waals surface area contributed by atoms with Gasteiger partial charge in [0.05, 0.1) is 18.2 Å². The van der Waals surface area contributed by atoms with Crippen molar-refractivity contribution >= 4 is 17.2 Å². The van der Waals surface area contributed by atoms with Gasteiger partial charge in [0.15, 0.2) is 0 Å². The second kappa shape index (κ2) is 7.97. The largest absolute Gasteiger partial charge is 0.455 e. The molecule has 0 aliphatic carbocycles. The van der Waals surface area contributed by atoms with Crippen LogP contribution in [0, 0.1) is 18.3 Å². The number of amides is 1. The lowest BCUT2D eigenvalue weighted by Gasteiger charge is -2.06. The summed E-state index contributed by atoms with van der Waals surface area (Å²) in [5, 5.41) is 11.5. The van der Waals surface area contributed by atoms with Crippen molar-refractivity contribution in [2.75, 3.05) is 0 Å². The molecule has 0 aliphatic rings. The minimum absolute atomic E-state index is 0.0372. The summed E-state index contributed by atoms with van der Waals surface area (Å²) < 4.78 is 43.9. The minimum Gasteiger partial charge on any atom is -0.455 e. The topological polar surface area (TPSA) is 88.0 Å². The van der Waals surface area contributed by atoms with Crippen LogP contribution in [-0.2, 0) is 19.3 Å². The van der Waals surface area contributed by atoms with Gasteiger partial charge in [-0.25, -0.2) is 0 Å². The van der Waals surface area contributed by atoms with E-state index in [0.717, 1.165) is 17.7 Å². The fourth-order valence-electron chi connectivity index (χ4n) is 2.60. The Labute approximate surface area is 166 Å². The molecule has 2 heterocycles. The first kappa shape index (κ1) is 20.4. The highest BCUT2D eigenvalue weighted by Gasteiger charge is 2.34. The van der Waals surface area contributed by atoms with Gasteiger partial charge < -0.3 is 9.73 Å². The fourth-order valence-corrected chi connectivity index (χ4v) is 3.51. The van der Waals surface area contributed by atoms with Crippen molar-refractivity contribution < 1.29 is 22.4 Å². The van der Waals surface area contributed by atoms with Gasteiger partial charge in [-0.15, -0.1) is 0 Å². The number of alkyl halides is 3. The molecule has 2 aromatic heterocycles. The number of rotatable bonds is 5. The van der Waals surface area contributed by atoms with Crippen LogP contribution in [0.1, 0.15) is 38.0 Å². The molecule has 0 radical (unpaired) electrons. The zero-order valence-corrected chi connectivity index (χ0v) is 15.9. The lowest BCUT2D eigenvalue weighted by Crippen LogP contribution is -2.23. The first-order valence-electron chi connectivity index (χ1n) is 8.32. The lowest BCUT2D eigenvalue weighted by molar-refractivity contribution is -0.153. The van der Waals surface area contributed by atoms with Crippen molar-refractivity contribution in [1.29, 1.82) is 5.26 Å². The third-order valence-electron chi connectivity index (χ3n) is 4.14. The Morgan fingerprint density at radius 1 is 1.24 bits per heavy atom. The number of nitriles is 1. The third-order valence-corrected chi connectivity index (χ3v) is 5.22. The first-order valence-corrected chi connectivity index (χ1v) is 9.14. The van der Waals surface area contributed by atoms with Crippen LogP contribution < -0.4 is 10.2 Å². The lowest BCUT2D eigenvalue weighted by atomic mass is 10.1. The van der Waals surface area contributed by atoms with E-state index < -0.39 is 22.7 Å². The number of hydrogen-bond donors (Lipinski definition) is 1. The highest BCUT2D eigenvalue weighted by atomic mass is 32.1. The highest BCUT2D eigenvalue weighted by molar-refractivity contribution is 7.11. The Morgan fingerprint density at radius 3 is 2.52 bits per heavy atom. The quantitative estimate of drug-likeness (QED) is 0.681. The van der Waals surface area contributed by atoms with E-state index in [1.54, 1.807) is 31.2 Å². The van der Waals surface area contributed by atoms with Crippen LogP contribution in [-0.4, -0.2) is 10.5 Å². The summed E-state index contributed by atoms with van der Waals surface area (Å²) in [6, 6.07) is 10.6. The van der Waals surface area contributed by atoms with Crippen LogP contribution in [0.5, 0.6) is 0 Å². The van der Waals surface area contributed by atoms with Gasteiger partial charge in [0, 0.05) is 12.2 Å². The molecule has 1 aromatic carbocycles. The van der Waals surface area contributed by atoms with Crippen molar-refractivity contribution in [1.82, 2.24) is 9.88 Å². The number of benzene rings is 1. The first-order chi connectivity index (χ1) is 13.7. The number of carbonyl (C=O) groups excluding carboxylic acids is 1. The molecule has 0 unspecified atom stereocenters. The summed E-state index contributed by atoms with van der Waals surface area (Å²) in [6.45, 7) is 1.53. The van der Waals surface area contributed by atoms with Gasteiger partial charge >= 0.3 is 11.0 Å². The Bertz CT molecular complexity index is 1130. The van der Waals surface area contributed by atoms with E-state index in [2.05, 4.69) is 5.32 Å². The average molecular weight is 421 g/mol. The van der Waals surface area contributed by atoms with E-state index in [-0.39, 0.29) is 23.7 Å². The van der Waals surface area contributed by atoms with Gasteiger partial charge in [0.1, 0.15) is 10.6 Å². The molecule has 0 saturated heterocycles. The summed E-state index contributed by atoms with van der Waals surface area (Å²) in [5.74, 6) is -1.65. The second-order valence-electron chi connectivity index (χ2n) is 6.12. The van der Waals surface area contributed by atoms with Gasteiger partial charge in [-0.2, -0.15) is 18.4 Å². The molecule has 3 rings (SSSR count). The number of nitrogens with one attached hydrogen (secondary N) is 1. The van der Waals surface area contributed by atoms with Crippen LogP contribution in [0.2, 0.25) is 0 Å². The van der Waals surface area contributed by atoms with Gasteiger partial charge in [0.2, 0.25) is 5.76 Å². The van der Waals surface area contributed by atoms with Crippen LogP contribution >= 0.6 is 11.3 Å². The highest BCUT2D eigenvalue weighted by Crippen LogP contribution is 2.30. The molecule has 1 N–H and O–H groups in total. The summed E-state index contributed by atoms with van der Waals surface area (Å²) >= 11 is 0.710. The van der Waals surface area contributed by atoms with Crippen LogP contribution in [0.15, 0.2) is 45.6 Å². The molecule has 10 heteroatoms. The smallest absolute Gasteiger partial charge is 0.449 e. The number of hydrogen-bond acceptors (Lipinski definition) is 5. The fraction of sp³-hybridized carbons (Fsp3) is 0.211. The molecular formula is C19H14F3N3O3S. The SMILES string of the molecule is Cc1c(C(=O)NCc2ccc(C#N)cc2)sc(=O)n1Cc1ccc(C(F)(F)F)o1. The van der Waals surface area contributed by atoms with Crippen LogP contribution in [0.25, 0.3) is 0 Å². The predicted molar refractivity (Wildman–Crippen MR) is 98.5 cm³/mol. The molecule has 0 spiro atoms. The standard InChI is InChI=1S/C19H14F3N3O3S/c1-11-16(17(26)24-9-13-4-2-12(8-23)3-5-13)29-18(27)25(11)10-14-6-7-15(28-14)19(20,21)22/h2-7H,9-10H2,1H3,(H,24,26). The summed E-state index contributed by atoms with van der Waals surface area (Å²) in [7, 11) is 0. The molecule has 0 aliphatic heterocycles. The maximum atomic E-state index is 12.6. The van der Waals surface area contributed by atoms with Gasteiger partial charge in [0.25, 0.3) is 5.91 Å². The van der Waals surface area contributed by atoms with E-state index in [1.165, 1.54) is 4.57 Å². The molecule has 0 atom stereocenters. The normalized spacial score (nSPS) is 11.3. The van der Waals surface area contributed by atoms with Crippen molar-refractivity contribution in [2.45, 2.75) is 26.2 Å². The van der Waals surface area contributed by atoms with Gasteiger partial charge in [-0.1, -0.05) is 23.5 Å². The number of carbonyl (C=O) groups is 1. The Morgan fingerprint density at radius 2 is 1.93 bits per heavy atom. The minimum atomic E-state index is -4.61. The van der Waals surface area contributed by atoms with E-state index in [0.29, 0.717) is 22.6 Å². The molecule has 0 saturated carbocycles. The number of nitrogens with zero attached hydrogens (tertiary/aromatic N) is 2. The Kier molecular flexibility index (Phi) is 5.61. The van der Waals surface area contributed by atoms with E-state index in [4.69, 9.17) is 9.68 Å². The van der Waals surface area contributed by atoms with Crippen molar-refractivity contribution in [3.63, 3.8) is 0 Å². The molecule has 0 bridgehead atoms. The Balaban J connectivity index is 1.72. The van der Waals surface area contributed by atoms with Crippen molar-refractivity contribution in [2.24, 2.45) is 0 Å². The van der Waals surface area contributed by atoms with E-state index in [9.17, 15) is 22.8 Å². The molecule has 150 valence electrons. The zero-order chi connectivity index (χ0) is 21.2. The van der Waals surface area contributed by atoms with Gasteiger partial charge in [-0.3, -0.25) is 14.2 Å². The van der Waals surface area contributed by atoms with Gasteiger partial charge in [-0.05, 0) is 36.8 Å². The maximum Gasteiger partial charge on any atom is 0.449 e. The maximum absolute atomic E-state index is 12.6. The predicted octanol–water partition coefficient (Wildman–Crippen LogP) is 3.68. The number of furan rings is 1. The summed E-state index contributed by atoms with van der Waals surface area (Å²) in [6.07, 6.45) is -4.61. The van der Waals surface area contributed by atoms with E-state index in [1.807, 2.05) is 6.07 Å². The molecule has 3 aromatic rings. The molecule has 0 fully saturated rings. The summed E-state index contributed by atoms with van der Waals surface area (Å²) in [5.41, 5.74) is 1.61. The third kappa shape index (κ3) is 4.57. The van der Waals surface area contributed by atoms with E-state index >= 15 is 0 Å². The zero-order valence-electron chi connectivity index (χ0n) is 15.0. The second-order valence-corrected chi connectivity index (χ2v) is 7.09. The molecule has 29 heavy (non-hydrogen) atoms. The van der Waals surface area contributed by atoms with Crippen molar-refractivity contribution in [3.05, 3.63) is 79.3 Å². The average Bonchev–Trinajstić information content (AvgIpc) is 3.27. The van der Waals surface area contributed by atoms with Crippen molar-refractivity contribution in [3.8, 4) is 6.07 Å². The van der Waals surface area contributed by atoms with Crippen LogP contribution in [0.4, 0.5) is 13.2 Å². The number of thiazole rings is 1. The molecular weight excluding hydrogens is 407 g/mol. The monoisotopic (exact) mass is 421 g/mol. The molecule has 1 amide bonds. The summed E-state index contributed by atoms with van der Waals surface area (Å²) in [4.78, 5) is 24.4.